The van der Waals surface area contributed by atoms with E-state index in [-0.39, 0.29) is 5.91 Å². The van der Waals surface area contributed by atoms with Gasteiger partial charge in [0.1, 0.15) is 5.82 Å². The summed E-state index contributed by atoms with van der Waals surface area (Å²) in [5, 5.41) is 0.945. The number of para-hydroxylation sites is 1. The van der Waals surface area contributed by atoms with E-state index in [4.69, 9.17) is 9.72 Å². The van der Waals surface area contributed by atoms with Gasteiger partial charge in [0.25, 0.3) is 5.91 Å². The normalized spacial score (nSPS) is 24.1. The van der Waals surface area contributed by atoms with Crippen molar-refractivity contribution in [2.24, 2.45) is 11.8 Å². The molecule has 26 heavy (non-hydrogen) atoms. The van der Waals surface area contributed by atoms with E-state index in [1.165, 1.54) is 6.42 Å². The Labute approximate surface area is 154 Å². The molecule has 2 unspecified atom stereocenters. The molecule has 4 rings (SSSR count). The number of likely N-dealkylation sites (tertiary alicyclic amines) is 1. The first kappa shape index (κ1) is 17.3. The minimum Gasteiger partial charge on any atom is -0.378 e. The molecule has 5 heteroatoms. The van der Waals surface area contributed by atoms with Crippen LogP contribution in [0.2, 0.25) is 0 Å². The lowest BCUT2D eigenvalue weighted by molar-refractivity contribution is 0.0625. The molecule has 2 aromatic rings. The maximum atomic E-state index is 13.4. The molecule has 0 N–H and O–H groups in total. The average Bonchev–Trinajstić information content (AvgIpc) is 2.66. The Morgan fingerprint density at radius 2 is 1.81 bits per heavy atom. The Kier molecular flexibility index (Phi) is 4.81. The first-order valence-corrected chi connectivity index (χ1v) is 9.63. The number of carbonyl (C=O) groups excluding carboxylic acids is 1. The van der Waals surface area contributed by atoms with Crippen LogP contribution in [0.4, 0.5) is 5.82 Å². The third-order valence-electron chi connectivity index (χ3n) is 5.42. The Bertz CT molecular complexity index is 791. The van der Waals surface area contributed by atoms with Crippen LogP contribution >= 0.6 is 0 Å². The fourth-order valence-corrected chi connectivity index (χ4v) is 4.29. The van der Waals surface area contributed by atoms with Crippen molar-refractivity contribution >= 4 is 22.6 Å². The smallest absolute Gasteiger partial charge is 0.254 e. The number of fused-ring (bicyclic) bond motifs is 1. The van der Waals surface area contributed by atoms with Crippen molar-refractivity contribution in [3.05, 3.63) is 35.9 Å². The van der Waals surface area contributed by atoms with Crippen LogP contribution in [0.3, 0.4) is 0 Å². The summed E-state index contributed by atoms with van der Waals surface area (Å²) >= 11 is 0. The first-order chi connectivity index (χ1) is 12.6. The second-order valence-corrected chi connectivity index (χ2v) is 7.80. The van der Waals surface area contributed by atoms with Crippen molar-refractivity contribution in [2.75, 3.05) is 44.3 Å². The Balaban J connectivity index is 1.73. The Hall–Kier alpha value is -2.14. The molecule has 1 amide bonds. The molecule has 138 valence electrons. The molecule has 2 aliphatic rings. The molecular formula is C21H27N3O2. The second-order valence-electron chi connectivity index (χ2n) is 7.80. The molecule has 2 saturated heterocycles. The predicted octanol–water partition coefficient (Wildman–Crippen LogP) is 3.19. The van der Waals surface area contributed by atoms with Gasteiger partial charge in [-0.05, 0) is 30.4 Å². The van der Waals surface area contributed by atoms with Crippen LogP contribution < -0.4 is 4.90 Å². The van der Waals surface area contributed by atoms with Gasteiger partial charge < -0.3 is 14.5 Å². The molecule has 0 bridgehead atoms. The minimum absolute atomic E-state index is 0.136. The number of rotatable bonds is 2. The maximum Gasteiger partial charge on any atom is 0.254 e. The molecule has 0 spiro atoms. The summed E-state index contributed by atoms with van der Waals surface area (Å²) in [5.41, 5.74) is 1.66. The lowest BCUT2D eigenvalue weighted by Crippen LogP contribution is -2.43. The van der Waals surface area contributed by atoms with E-state index in [1.54, 1.807) is 0 Å². The quantitative estimate of drug-likeness (QED) is 0.832. The third-order valence-corrected chi connectivity index (χ3v) is 5.42. The molecule has 2 atom stereocenters. The van der Waals surface area contributed by atoms with Crippen LogP contribution in [0.1, 0.15) is 30.6 Å². The van der Waals surface area contributed by atoms with Gasteiger partial charge in [-0.15, -0.1) is 0 Å². The van der Waals surface area contributed by atoms with Crippen LogP contribution in [-0.4, -0.2) is 55.2 Å². The van der Waals surface area contributed by atoms with Crippen LogP contribution in [0, 0.1) is 11.8 Å². The molecule has 2 fully saturated rings. The summed E-state index contributed by atoms with van der Waals surface area (Å²) in [7, 11) is 0. The molecule has 0 aliphatic carbocycles. The van der Waals surface area contributed by atoms with Crippen molar-refractivity contribution < 1.29 is 9.53 Å². The summed E-state index contributed by atoms with van der Waals surface area (Å²) in [6.45, 7) is 9.20. The van der Waals surface area contributed by atoms with Crippen LogP contribution in [0.5, 0.6) is 0 Å². The molecular weight excluding hydrogens is 326 g/mol. The number of amides is 1. The monoisotopic (exact) mass is 353 g/mol. The molecule has 1 aromatic carbocycles. The van der Waals surface area contributed by atoms with Gasteiger partial charge in [-0.3, -0.25) is 4.79 Å². The number of ether oxygens (including phenoxy) is 1. The zero-order valence-electron chi connectivity index (χ0n) is 15.6. The number of benzene rings is 1. The number of morpholine rings is 1. The van der Waals surface area contributed by atoms with Crippen molar-refractivity contribution in [2.45, 2.75) is 20.3 Å². The van der Waals surface area contributed by atoms with Crippen molar-refractivity contribution in [1.29, 1.82) is 0 Å². The zero-order chi connectivity index (χ0) is 18.1. The SMILES string of the molecule is CC1CC(C)CN(C(=O)c2cc(N3CCOCC3)nc3ccccc23)C1. The number of nitrogens with zero attached hydrogens (tertiary/aromatic N) is 3. The van der Waals surface area contributed by atoms with E-state index in [0.29, 0.717) is 25.0 Å². The Morgan fingerprint density at radius 1 is 1.12 bits per heavy atom. The Morgan fingerprint density at radius 3 is 2.54 bits per heavy atom. The highest BCUT2D eigenvalue weighted by atomic mass is 16.5. The fourth-order valence-electron chi connectivity index (χ4n) is 4.29. The lowest BCUT2D eigenvalue weighted by Gasteiger charge is -2.35. The summed E-state index contributed by atoms with van der Waals surface area (Å²) in [4.78, 5) is 22.5. The van der Waals surface area contributed by atoms with Gasteiger partial charge in [-0.1, -0.05) is 32.0 Å². The molecule has 1 aromatic heterocycles. The van der Waals surface area contributed by atoms with Gasteiger partial charge in [0.05, 0.1) is 24.3 Å². The van der Waals surface area contributed by atoms with Crippen molar-refractivity contribution in [3.8, 4) is 0 Å². The maximum absolute atomic E-state index is 13.4. The topological polar surface area (TPSA) is 45.7 Å². The standard InChI is InChI=1S/C21H27N3O2/c1-15-11-16(2)14-24(13-15)21(25)18-12-20(23-7-9-26-10-8-23)22-19-6-4-3-5-17(18)19/h3-6,12,15-16H,7-11,13-14H2,1-2H3. The van der Waals surface area contributed by atoms with Gasteiger partial charge in [0, 0.05) is 31.6 Å². The molecule has 5 nitrogen and oxygen atoms in total. The van der Waals surface area contributed by atoms with E-state index in [9.17, 15) is 4.79 Å². The highest BCUT2D eigenvalue weighted by molar-refractivity contribution is 6.07. The van der Waals surface area contributed by atoms with Crippen LogP contribution in [0.15, 0.2) is 30.3 Å². The van der Waals surface area contributed by atoms with E-state index >= 15 is 0 Å². The summed E-state index contributed by atoms with van der Waals surface area (Å²) < 4.78 is 5.46. The second kappa shape index (κ2) is 7.23. The van der Waals surface area contributed by atoms with Gasteiger partial charge >= 0.3 is 0 Å². The van der Waals surface area contributed by atoms with Gasteiger partial charge in [0.2, 0.25) is 0 Å². The van der Waals surface area contributed by atoms with Crippen LogP contribution in [-0.2, 0) is 4.74 Å². The summed E-state index contributed by atoms with van der Waals surface area (Å²) in [5.74, 6) is 2.12. The average molecular weight is 353 g/mol. The largest absolute Gasteiger partial charge is 0.378 e. The van der Waals surface area contributed by atoms with E-state index in [1.807, 2.05) is 35.2 Å². The number of aromatic nitrogens is 1. The van der Waals surface area contributed by atoms with Crippen LogP contribution in [0.25, 0.3) is 10.9 Å². The number of piperidine rings is 1. The number of pyridine rings is 1. The van der Waals surface area contributed by atoms with E-state index in [0.717, 1.165) is 48.5 Å². The molecule has 2 aliphatic heterocycles. The lowest BCUT2D eigenvalue weighted by atomic mass is 9.91. The molecule has 0 saturated carbocycles. The van der Waals surface area contributed by atoms with Gasteiger partial charge in [-0.25, -0.2) is 4.98 Å². The van der Waals surface area contributed by atoms with E-state index < -0.39 is 0 Å². The van der Waals surface area contributed by atoms with Gasteiger partial charge in [-0.2, -0.15) is 0 Å². The predicted molar refractivity (Wildman–Crippen MR) is 104 cm³/mol. The minimum atomic E-state index is 0.136. The van der Waals surface area contributed by atoms with Crippen molar-refractivity contribution in [3.63, 3.8) is 0 Å². The van der Waals surface area contributed by atoms with Gasteiger partial charge in [0.15, 0.2) is 0 Å². The number of hydrogen-bond acceptors (Lipinski definition) is 4. The number of carbonyl (C=O) groups is 1. The molecule has 3 heterocycles. The first-order valence-electron chi connectivity index (χ1n) is 9.63. The zero-order valence-corrected chi connectivity index (χ0v) is 15.6. The number of anilines is 1. The third kappa shape index (κ3) is 3.40. The van der Waals surface area contributed by atoms with E-state index in [2.05, 4.69) is 18.7 Å². The number of hydrogen-bond donors (Lipinski definition) is 0. The summed E-state index contributed by atoms with van der Waals surface area (Å²) in [6.07, 6.45) is 1.19. The molecule has 0 radical (unpaired) electrons. The summed E-state index contributed by atoms with van der Waals surface area (Å²) in [6, 6.07) is 9.96. The fraction of sp³-hybridized carbons (Fsp3) is 0.524. The highest BCUT2D eigenvalue weighted by Gasteiger charge is 2.28. The highest BCUT2D eigenvalue weighted by Crippen LogP contribution is 2.28. The van der Waals surface area contributed by atoms with Crippen molar-refractivity contribution in [1.82, 2.24) is 9.88 Å².